The van der Waals surface area contributed by atoms with Gasteiger partial charge in [-0.05, 0) is 57.0 Å². The first-order valence-electron chi connectivity index (χ1n) is 13.3. The van der Waals surface area contributed by atoms with Crippen LogP contribution in [0.3, 0.4) is 0 Å². The summed E-state index contributed by atoms with van der Waals surface area (Å²) < 4.78 is 31.3. The molecule has 9 heteroatoms. The Hall–Kier alpha value is -3.43. The fraction of sp³-hybridized carbons (Fsp3) is 0.400. The number of allylic oxidation sites excluding steroid dienone is 2. The van der Waals surface area contributed by atoms with Gasteiger partial charge in [0.2, 0.25) is 10.0 Å². The second kappa shape index (κ2) is 18.0. The Labute approximate surface area is 234 Å². The quantitative estimate of drug-likeness (QED) is 0.271. The fourth-order valence-corrected chi connectivity index (χ4v) is 4.17. The standard InChI is InChI=1S/C24H35N3O4S.C6H9N/c1-5-8-15-27(16-9-6-2)21-17-19(24(28)26(4)7-3)18-22(32(25,29)30)23(21)31-20-13-11-10-12-14-20;1-3-5-6-7-4-2/h10-14,17-18H,5-9,15-16H2,1-4H3,(H2,25,29,30);3-6H,2H2,1H3/b;5-3-,7-6?. The molecule has 0 aromatic heterocycles. The Morgan fingerprint density at radius 3 is 2.18 bits per heavy atom. The minimum atomic E-state index is -4.16. The zero-order valence-corrected chi connectivity index (χ0v) is 24.8. The molecule has 1 amide bonds. The van der Waals surface area contributed by atoms with Gasteiger partial charge in [0.25, 0.3) is 5.91 Å². The fourth-order valence-electron chi connectivity index (χ4n) is 3.48. The number of amides is 1. The molecule has 0 aliphatic heterocycles. The number of primary sulfonamides is 1. The lowest BCUT2D eigenvalue weighted by Crippen LogP contribution is -2.29. The number of anilines is 1. The van der Waals surface area contributed by atoms with Gasteiger partial charge in [-0.15, -0.1) is 0 Å². The number of hydrogen-bond donors (Lipinski definition) is 1. The van der Waals surface area contributed by atoms with E-state index in [9.17, 15) is 13.2 Å². The molecule has 0 heterocycles. The minimum absolute atomic E-state index is 0.154. The third-order valence-electron chi connectivity index (χ3n) is 5.75. The van der Waals surface area contributed by atoms with Gasteiger partial charge >= 0.3 is 0 Å². The van der Waals surface area contributed by atoms with Crippen molar-refractivity contribution in [1.29, 1.82) is 0 Å². The molecule has 2 N–H and O–H groups in total. The first-order valence-corrected chi connectivity index (χ1v) is 14.9. The summed E-state index contributed by atoms with van der Waals surface area (Å²) in [6.45, 7) is 13.3. The highest BCUT2D eigenvalue weighted by atomic mass is 32.2. The molecular weight excluding hydrogens is 512 g/mol. The van der Waals surface area contributed by atoms with Crippen LogP contribution < -0.4 is 14.8 Å². The van der Waals surface area contributed by atoms with Crippen molar-refractivity contribution < 1.29 is 17.9 Å². The van der Waals surface area contributed by atoms with Crippen molar-refractivity contribution in [3.05, 3.63) is 73.0 Å². The van der Waals surface area contributed by atoms with Gasteiger partial charge in [0.15, 0.2) is 5.75 Å². The Morgan fingerprint density at radius 1 is 1.08 bits per heavy atom. The van der Waals surface area contributed by atoms with Crippen LogP contribution in [0, 0.1) is 0 Å². The highest BCUT2D eigenvalue weighted by Gasteiger charge is 2.27. The average Bonchev–Trinajstić information content (AvgIpc) is 2.93. The van der Waals surface area contributed by atoms with Gasteiger partial charge in [-0.25, -0.2) is 13.6 Å². The number of sulfonamides is 1. The molecular formula is C30H44N4O4S. The van der Waals surface area contributed by atoms with Gasteiger partial charge in [-0.2, -0.15) is 0 Å². The summed E-state index contributed by atoms with van der Waals surface area (Å²) >= 11 is 0. The van der Waals surface area contributed by atoms with Crippen LogP contribution in [0.4, 0.5) is 5.69 Å². The molecule has 0 spiro atoms. The molecule has 0 aliphatic rings. The van der Waals surface area contributed by atoms with E-state index in [0.717, 1.165) is 25.7 Å². The number of nitrogens with zero attached hydrogens (tertiary/aromatic N) is 3. The van der Waals surface area contributed by atoms with Gasteiger partial charge in [-0.3, -0.25) is 9.79 Å². The third kappa shape index (κ3) is 11.5. The Balaban J connectivity index is 0.000000956. The van der Waals surface area contributed by atoms with Gasteiger partial charge in [0, 0.05) is 44.7 Å². The second-order valence-corrected chi connectivity index (χ2v) is 10.3. The van der Waals surface area contributed by atoms with Crippen LogP contribution in [0.1, 0.15) is 63.7 Å². The Morgan fingerprint density at radius 2 is 1.69 bits per heavy atom. The summed E-state index contributed by atoms with van der Waals surface area (Å²) in [5, 5.41) is 5.61. The summed E-state index contributed by atoms with van der Waals surface area (Å²) in [5.41, 5.74) is 0.835. The average molecular weight is 557 g/mol. The van der Waals surface area contributed by atoms with E-state index < -0.39 is 10.0 Å². The molecule has 0 unspecified atom stereocenters. The second-order valence-electron chi connectivity index (χ2n) is 8.80. The molecule has 0 bridgehead atoms. The van der Waals surface area contributed by atoms with Crippen molar-refractivity contribution in [2.75, 3.05) is 31.6 Å². The summed E-state index contributed by atoms with van der Waals surface area (Å²) in [6, 6.07) is 12.0. The molecule has 0 radical (unpaired) electrons. The maximum Gasteiger partial charge on any atom is 0.253 e. The van der Waals surface area contributed by atoms with Gasteiger partial charge in [0.05, 0.1) is 5.69 Å². The van der Waals surface area contributed by atoms with E-state index in [1.165, 1.54) is 17.2 Å². The van der Waals surface area contributed by atoms with Crippen LogP contribution >= 0.6 is 0 Å². The molecule has 214 valence electrons. The predicted octanol–water partition coefficient (Wildman–Crippen LogP) is 6.40. The van der Waals surface area contributed by atoms with E-state index in [2.05, 4.69) is 30.3 Å². The lowest BCUT2D eigenvalue weighted by atomic mass is 10.1. The highest BCUT2D eigenvalue weighted by Crippen LogP contribution is 2.40. The largest absolute Gasteiger partial charge is 0.454 e. The Kier molecular flexibility index (Phi) is 15.5. The predicted molar refractivity (Wildman–Crippen MR) is 162 cm³/mol. The van der Waals surface area contributed by atoms with E-state index >= 15 is 0 Å². The van der Waals surface area contributed by atoms with Crippen molar-refractivity contribution in [3.8, 4) is 11.5 Å². The number of carbonyl (C=O) groups excluding carboxylic acids is 1. The highest BCUT2D eigenvalue weighted by molar-refractivity contribution is 7.89. The normalized spacial score (nSPS) is 11.2. The maximum absolute atomic E-state index is 13.0. The van der Waals surface area contributed by atoms with Crippen molar-refractivity contribution >= 4 is 27.8 Å². The lowest BCUT2D eigenvalue weighted by molar-refractivity contribution is 0.0802. The summed E-state index contributed by atoms with van der Waals surface area (Å²) in [7, 11) is -2.48. The number of carbonyl (C=O) groups is 1. The smallest absolute Gasteiger partial charge is 0.253 e. The molecule has 39 heavy (non-hydrogen) atoms. The number of ether oxygens (including phenoxy) is 1. The van der Waals surface area contributed by atoms with Crippen LogP contribution in [0.25, 0.3) is 0 Å². The topological polar surface area (TPSA) is 105 Å². The lowest BCUT2D eigenvalue weighted by Gasteiger charge is -2.29. The van der Waals surface area contributed by atoms with E-state index in [1.54, 1.807) is 31.5 Å². The number of rotatable bonds is 14. The van der Waals surface area contributed by atoms with Crippen molar-refractivity contribution in [2.24, 2.45) is 10.1 Å². The molecule has 8 nitrogen and oxygen atoms in total. The maximum atomic E-state index is 13.0. The Bertz CT molecular complexity index is 1190. The summed E-state index contributed by atoms with van der Waals surface area (Å²) in [5.74, 6) is 0.381. The molecule has 0 aliphatic carbocycles. The molecule has 0 saturated carbocycles. The molecule has 0 saturated heterocycles. The van der Waals surface area contributed by atoms with Gasteiger partial charge in [0.1, 0.15) is 10.6 Å². The van der Waals surface area contributed by atoms with Crippen molar-refractivity contribution in [3.63, 3.8) is 0 Å². The van der Waals surface area contributed by atoms with Gasteiger partial charge < -0.3 is 14.5 Å². The number of aliphatic imine (C=N–C) groups is 1. The first-order chi connectivity index (χ1) is 18.6. The number of para-hydroxylation sites is 1. The number of hydrogen-bond acceptors (Lipinski definition) is 6. The molecule has 0 fully saturated rings. The summed E-state index contributed by atoms with van der Waals surface area (Å²) in [4.78, 5) is 20.1. The van der Waals surface area contributed by atoms with Crippen LogP contribution in [-0.4, -0.2) is 52.1 Å². The van der Waals surface area contributed by atoms with Crippen LogP contribution in [0.5, 0.6) is 11.5 Å². The van der Waals surface area contributed by atoms with Gasteiger partial charge in [-0.1, -0.05) is 57.5 Å². The molecule has 0 atom stereocenters. The number of unbranched alkanes of at least 4 members (excludes halogenated alkanes) is 2. The number of nitrogens with two attached hydrogens (primary N) is 1. The van der Waals surface area contributed by atoms with E-state index in [-0.39, 0.29) is 22.1 Å². The summed E-state index contributed by atoms with van der Waals surface area (Å²) in [6.07, 6.45) is 10.8. The number of benzene rings is 2. The van der Waals surface area contributed by atoms with Crippen LogP contribution in [0.15, 0.2) is 77.3 Å². The monoisotopic (exact) mass is 556 g/mol. The van der Waals surface area contributed by atoms with Crippen molar-refractivity contribution in [2.45, 2.75) is 58.3 Å². The van der Waals surface area contributed by atoms with Crippen molar-refractivity contribution in [1.82, 2.24) is 4.90 Å². The molecule has 2 rings (SSSR count). The zero-order chi connectivity index (χ0) is 29.3. The van der Waals surface area contributed by atoms with E-state index in [1.807, 2.05) is 44.2 Å². The van der Waals surface area contributed by atoms with Crippen LogP contribution in [0.2, 0.25) is 0 Å². The zero-order valence-electron chi connectivity index (χ0n) is 24.0. The van der Waals surface area contributed by atoms with Crippen LogP contribution in [-0.2, 0) is 10.0 Å². The SMILES string of the molecule is C=CN=C/C=C\C.CCCCN(CCCC)c1cc(C(=O)N(C)CC)cc(S(N)(=O)=O)c1Oc1ccccc1. The molecule has 2 aromatic carbocycles. The van der Waals surface area contributed by atoms with E-state index in [4.69, 9.17) is 9.88 Å². The minimum Gasteiger partial charge on any atom is -0.454 e. The first kappa shape index (κ1) is 33.6. The third-order valence-corrected chi connectivity index (χ3v) is 6.66. The van der Waals surface area contributed by atoms with E-state index in [0.29, 0.717) is 31.1 Å². The molecule has 2 aromatic rings.